The van der Waals surface area contributed by atoms with Crippen molar-refractivity contribution in [1.29, 1.82) is 0 Å². The average Bonchev–Trinajstić information content (AvgIpc) is 2.99. The van der Waals surface area contributed by atoms with Crippen molar-refractivity contribution in [3.63, 3.8) is 0 Å². The molecule has 45 heavy (non-hydrogen) atoms. The normalized spacial score (nSPS) is 17.8. The number of carboxylic acid groups (broad SMARTS) is 2. The monoisotopic (exact) mass is 655 g/mol. The van der Waals surface area contributed by atoms with E-state index in [1.165, 1.54) is 0 Å². The van der Waals surface area contributed by atoms with E-state index >= 15 is 0 Å². The highest BCUT2D eigenvalue weighted by atomic mass is 32.1. The molecular weight excluding hydrogens is 610 g/mol. The summed E-state index contributed by atoms with van der Waals surface area (Å²) in [6.07, 6.45) is 0.490. The number of nitrogens with zero attached hydrogens (tertiary/aromatic N) is 4. The number of nitrogens with one attached hydrogen (secondary N) is 2. The van der Waals surface area contributed by atoms with Crippen molar-refractivity contribution < 1.29 is 43.6 Å². The topological polar surface area (TPSA) is 199 Å². The van der Waals surface area contributed by atoms with E-state index in [9.17, 15) is 29.4 Å². The maximum Gasteiger partial charge on any atom is 0.317 e. The highest BCUT2D eigenvalue weighted by molar-refractivity contribution is 7.80. The molecule has 6 N–H and O–H groups in total. The molecule has 0 aromatic heterocycles. The van der Waals surface area contributed by atoms with Gasteiger partial charge in [-0.15, -0.1) is 0 Å². The van der Waals surface area contributed by atoms with E-state index in [-0.39, 0.29) is 32.6 Å². The van der Waals surface area contributed by atoms with Crippen LogP contribution in [0.4, 0.5) is 5.69 Å². The van der Waals surface area contributed by atoms with Gasteiger partial charge >= 0.3 is 11.9 Å². The van der Waals surface area contributed by atoms with E-state index in [2.05, 4.69) is 10.6 Å². The van der Waals surface area contributed by atoms with Gasteiger partial charge in [-0.1, -0.05) is 12.1 Å². The van der Waals surface area contributed by atoms with E-state index in [4.69, 9.17) is 32.2 Å². The number of ether oxygens (including phenoxy) is 3. The summed E-state index contributed by atoms with van der Waals surface area (Å²) in [6, 6.07) is 7.34. The summed E-state index contributed by atoms with van der Waals surface area (Å²) in [5.41, 5.74) is 7.14. The molecule has 1 fully saturated rings. The van der Waals surface area contributed by atoms with Crippen LogP contribution in [0.25, 0.3) is 0 Å². The standard InChI is InChI=1S/C28H45N7O9S/c29-5-13-42-14-6-30-28(45)31-24-3-1-23(2-4-24)15-25-16-34(18-27(40)41)10-8-32(17-26(38)39)7-9-33(19-43-21-36)11-12-35(25)20-44-22-37/h1-4,21-22,25H,5-20,29H2,(H,38,39)(H,40,41)(H2,30,31,45). The van der Waals surface area contributed by atoms with Gasteiger partial charge in [0.25, 0.3) is 12.9 Å². The summed E-state index contributed by atoms with van der Waals surface area (Å²) in [5, 5.41) is 25.7. The predicted octanol–water partition coefficient (Wildman–Crippen LogP) is -1.49. The van der Waals surface area contributed by atoms with Crippen LogP contribution in [0.15, 0.2) is 24.3 Å². The minimum absolute atomic E-state index is 0.00843. The lowest BCUT2D eigenvalue weighted by atomic mass is 10.0. The second-order valence-corrected chi connectivity index (χ2v) is 10.8. The van der Waals surface area contributed by atoms with Gasteiger partial charge in [-0.25, -0.2) is 0 Å². The van der Waals surface area contributed by atoms with Crippen LogP contribution in [0.2, 0.25) is 0 Å². The van der Waals surface area contributed by atoms with Crippen LogP contribution in [0, 0.1) is 0 Å². The summed E-state index contributed by atoms with van der Waals surface area (Å²) in [7, 11) is 0. The summed E-state index contributed by atoms with van der Waals surface area (Å²) < 4.78 is 15.5. The van der Waals surface area contributed by atoms with Crippen LogP contribution in [0.3, 0.4) is 0 Å². The Morgan fingerprint density at radius 1 is 0.889 bits per heavy atom. The lowest BCUT2D eigenvalue weighted by molar-refractivity contribution is -0.141. The molecule has 0 saturated carbocycles. The quantitative estimate of drug-likeness (QED) is 0.0695. The van der Waals surface area contributed by atoms with Gasteiger partial charge in [-0.2, -0.15) is 0 Å². The molecule has 16 nitrogen and oxygen atoms in total. The first kappa shape index (κ1) is 37.7. The molecule has 0 radical (unpaired) electrons. The van der Waals surface area contributed by atoms with Crippen LogP contribution in [0.1, 0.15) is 5.56 Å². The van der Waals surface area contributed by atoms with Gasteiger partial charge < -0.3 is 40.8 Å². The molecule has 1 unspecified atom stereocenters. The molecule has 252 valence electrons. The van der Waals surface area contributed by atoms with Crippen LogP contribution in [-0.4, -0.2) is 165 Å². The van der Waals surface area contributed by atoms with E-state index in [0.717, 1.165) is 11.3 Å². The number of carbonyl (C=O) groups is 4. The third kappa shape index (κ3) is 16.4. The Morgan fingerprint density at radius 2 is 1.49 bits per heavy atom. The zero-order valence-electron chi connectivity index (χ0n) is 25.4. The molecule has 1 atom stereocenters. The number of carbonyl (C=O) groups excluding carboxylic acids is 2. The molecule has 0 spiro atoms. The zero-order valence-corrected chi connectivity index (χ0v) is 26.2. The minimum atomic E-state index is -1.01. The molecule has 1 aromatic carbocycles. The van der Waals surface area contributed by atoms with Crippen LogP contribution in [0.5, 0.6) is 0 Å². The SMILES string of the molecule is NCCOCCNC(=S)Nc1ccc(CC2CN(CC(=O)O)CCN(CC(=O)O)CCN(COC=O)CCN2COC=O)cc1. The third-order valence-corrected chi connectivity index (χ3v) is 7.23. The van der Waals surface area contributed by atoms with Crippen LogP contribution < -0.4 is 16.4 Å². The second-order valence-electron chi connectivity index (χ2n) is 10.3. The van der Waals surface area contributed by atoms with Gasteiger partial charge in [0.15, 0.2) is 5.11 Å². The number of nitrogens with two attached hydrogens (primary N) is 1. The van der Waals surface area contributed by atoms with Crippen molar-refractivity contribution in [3.05, 3.63) is 29.8 Å². The first-order chi connectivity index (χ1) is 21.7. The van der Waals surface area contributed by atoms with E-state index in [1.807, 2.05) is 34.1 Å². The fourth-order valence-corrected chi connectivity index (χ4v) is 5.00. The highest BCUT2D eigenvalue weighted by Crippen LogP contribution is 2.16. The van der Waals surface area contributed by atoms with Gasteiger partial charge in [0, 0.05) is 70.6 Å². The Bertz CT molecular complexity index is 1050. The first-order valence-corrected chi connectivity index (χ1v) is 15.0. The molecule has 1 aliphatic rings. The van der Waals surface area contributed by atoms with Gasteiger partial charge in [-0.3, -0.25) is 38.8 Å². The summed E-state index contributed by atoms with van der Waals surface area (Å²) in [4.78, 5) is 52.7. The fourth-order valence-electron chi connectivity index (χ4n) is 4.78. The van der Waals surface area contributed by atoms with Crippen molar-refractivity contribution in [2.24, 2.45) is 5.73 Å². The Labute approximate surface area is 268 Å². The number of hydrogen-bond donors (Lipinski definition) is 5. The highest BCUT2D eigenvalue weighted by Gasteiger charge is 2.26. The zero-order chi connectivity index (χ0) is 32.9. The lowest BCUT2D eigenvalue weighted by Gasteiger charge is -2.37. The summed E-state index contributed by atoms with van der Waals surface area (Å²) in [6.45, 7) is 4.67. The van der Waals surface area contributed by atoms with Gasteiger partial charge in [0.05, 0.1) is 26.3 Å². The predicted molar refractivity (Wildman–Crippen MR) is 168 cm³/mol. The Morgan fingerprint density at radius 3 is 2.13 bits per heavy atom. The molecule has 0 amide bonds. The van der Waals surface area contributed by atoms with Crippen molar-refractivity contribution in [3.8, 4) is 0 Å². The van der Waals surface area contributed by atoms with Crippen molar-refractivity contribution in [2.75, 3.05) is 104 Å². The number of thiocarbonyl (C=S) groups is 1. The number of benzene rings is 1. The van der Waals surface area contributed by atoms with Crippen molar-refractivity contribution >= 4 is 47.9 Å². The molecule has 1 aromatic rings. The fraction of sp³-hybridized carbons (Fsp3) is 0.607. The van der Waals surface area contributed by atoms with Crippen LogP contribution in [-0.2, 0) is 39.8 Å². The largest absolute Gasteiger partial charge is 0.480 e. The minimum Gasteiger partial charge on any atom is -0.480 e. The van der Waals surface area contributed by atoms with Gasteiger partial charge in [0.1, 0.15) is 13.5 Å². The number of hydrogen-bond acceptors (Lipinski definition) is 13. The molecule has 1 heterocycles. The Kier molecular flexibility index (Phi) is 18.5. The first-order valence-electron chi connectivity index (χ1n) is 14.6. The number of rotatable bonds is 18. The van der Waals surface area contributed by atoms with Gasteiger partial charge in [-0.05, 0) is 36.3 Å². The van der Waals surface area contributed by atoms with Crippen molar-refractivity contribution in [2.45, 2.75) is 12.5 Å². The number of carboxylic acids is 2. The smallest absolute Gasteiger partial charge is 0.317 e. The van der Waals surface area contributed by atoms with E-state index in [1.54, 1.807) is 9.80 Å². The summed E-state index contributed by atoms with van der Waals surface area (Å²) in [5.74, 6) is -2.01. The lowest BCUT2D eigenvalue weighted by Crippen LogP contribution is -2.52. The molecule has 17 heteroatoms. The maximum absolute atomic E-state index is 11.8. The molecular formula is C28H45N7O9S. The second kappa shape index (κ2) is 22.1. The van der Waals surface area contributed by atoms with Crippen molar-refractivity contribution in [1.82, 2.24) is 24.9 Å². The molecule has 0 aliphatic carbocycles. The molecule has 0 bridgehead atoms. The van der Waals surface area contributed by atoms with E-state index < -0.39 is 11.9 Å². The Hall–Kier alpha value is -3.45. The Balaban J connectivity index is 2.24. The molecule has 2 rings (SSSR count). The number of anilines is 1. The molecule has 1 saturated heterocycles. The van der Waals surface area contributed by atoms with Crippen LogP contribution >= 0.6 is 12.2 Å². The third-order valence-electron chi connectivity index (χ3n) is 6.98. The van der Waals surface area contributed by atoms with Gasteiger partial charge in [0.2, 0.25) is 0 Å². The summed E-state index contributed by atoms with van der Waals surface area (Å²) >= 11 is 5.35. The number of aliphatic carboxylic acids is 2. The average molecular weight is 656 g/mol. The maximum atomic E-state index is 11.8. The molecule has 1 aliphatic heterocycles. The van der Waals surface area contributed by atoms with E-state index in [0.29, 0.717) is 96.6 Å².